The number of carbonyl (C=O) groups is 4. The first-order valence-corrected chi connectivity index (χ1v) is 42.4. The molecule has 0 aliphatic carbocycles. The molecular weight excluding hydrogens is 1250 g/mol. The Labute approximate surface area is 581 Å². The van der Waals surface area contributed by atoms with Gasteiger partial charge in [-0.25, -0.2) is 9.13 Å². The Morgan fingerprint density at radius 3 is 0.800 bits per heavy atom. The molecule has 0 radical (unpaired) electrons. The van der Waals surface area contributed by atoms with Crippen LogP contribution in [0.1, 0.15) is 389 Å². The minimum absolute atomic E-state index is 0.106. The quantitative estimate of drug-likeness (QED) is 0.0222. The normalized spacial score (nSPS) is 14.4. The summed E-state index contributed by atoms with van der Waals surface area (Å²) in [6.45, 7) is 11.9. The number of phosphoric acid groups is 2. The zero-order valence-corrected chi connectivity index (χ0v) is 63.9. The summed E-state index contributed by atoms with van der Waals surface area (Å²) in [6, 6.07) is 0. The molecule has 0 saturated carbocycles. The molecule has 0 aliphatic heterocycles. The van der Waals surface area contributed by atoms with E-state index in [1.165, 1.54) is 199 Å². The van der Waals surface area contributed by atoms with Gasteiger partial charge in [-0.1, -0.05) is 337 Å². The molecule has 3 unspecified atom stereocenters. The van der Waals surface area contributed by atoms with Crippen LogP contribution in [0.4, 0.5) is 0 Å². The van der Waals surface area contributed by atoms with Crippen LogP contribution >= 0.6 is 15.6 Å². The maximum absolute atomic E-state index is 13.1. The third-order valence-corrected chi connectivity index (χ3v) is 19.9. The number of esters is 4. The Bertz CT molecular complexity index is 1850. The van der Waals surface area contributed by atoms with Gasteiger partial charge in [-0.05, 0) is 43.4 Å². The van der Waals surface area contributed by atoms with Crippen LogP contribution in [0.25, 0.3) is 0 Å². The molecule has 3 N–H and O–H groups in total. The van der Waals surface area contributed by atoms with Gasteiger partial charge in [-0.2, -0.15) is 0 Å². The highest BCUT2D eigenvalue weighted by molar-refractivity contribution is 7.47. The first-order chi connectivity index (χ1) is 45.8. The highest BCUT2D eigenvalue weighted by Gasteiger charge is 2.30. The number of ether oxygens (including phenoxy) is 4. The number of unbranched alkanes of at least 4 members (excludes halogenated alkanes) is 41. The van der Waals surface area contributed by atoms with Crippen LogP contribution in [-0.4, -0.2) is 96.7 Å². The molecular formula is C76H148O17P2. The van der Waals surface area contributed by atoms with E-state index in [0.29, 0.717) is 25.7 Å². The molecule has 0 bridgehead atoms. The van der Waals surface area contributed by atoms with Crippen molar-refractivity contribution in [3.05, 3.63) is 0 Å². The van der Waals surface area contributed by atoms with Crippen molar-refractivity contribution in [3.63, 3.8) is 0 Å². The SMILES string of the molecule is CCCCCCCCCCCC(=O)OC[C@H](COP(=O)(O)OC[C@H](O)COP(=O)(O)OC[C@@H](COC(=O)CCCCCCCCCCCCC(C)CC)OC(=O)CCCCCCCCCCCCCCCCCCC(C)C)OC(=O)CCCCCCCCCCCCC(C)C. The van der Waals surface area contributed by atoms with E-state index >= 15 is 0 Å². The first-order valence-electron chi connectivity index (χ1n) is 39.4. The summed E-state index contributed by atoms with van der Waals surface area (Å²) in [5, 5.41) is 10.6. The third-order valence-electron chi connectivity index (χ3n) is 18.0. The number of rotatable bonds is 74. The second-order valence-corrected chi connectivity index (χ2v) is 31.5. The second-order valence-electron chi connectivity index (χ2n) is 28.6. The first kappa shape index (κ1) is 93.1. The van der Waals surface area contributed by atoms with Gasteiger partial charge in [0.15, 0.2) is 12.2 Å². The lowest BCUT2D eigenvalue weighted by Gasteiger charge is -2.21. The van der Waals surface area contributed by atoms with E-state index in [1.807, 2.05) is 0 Å². The van der Waals surface area contributed by atoms with Crippen molar-refractivity contribution in [3.8, 4) is 0 Å². The van der Waals surface area contributed by atoms with Crippen LogP contribution in [0.15, 0.2) is 0 Å². The molecule has 19 heteroatoms. The summed E-state index contributed by atoms with van der Waals surface area (Å²) >= 11 is 0. The fourth-order valence-corrected chi connectivity index (χ4v) is 13.1. The zero-order valence-electron chi connectivity index (χ0n) is 62.1. The van der Waals surface area contributed by atoms with Gasteiger partial charge in [0.1, 0.15) is 19.3 Å². The predicted molar refractivity (Wildman–Crippen MR) is 386 cm³/mol. The Balaban J connectivity index is 5.23. The van der Waals surface area contributed by atoms with Crippen molar-refractivity contribution >= 4 is 39.5 Å². The van der Waals surface area contributed by atoms with Gasteiger partial charge in [0.2, 0.25) is 0 Å². The number of hydrogen-bond donors (Lipinski definition) is 3. The monoisotopic (exact) mass is 1400 g/mol. The molecule has 0 aliphatic rings. The molecule has 17 nitrogen and oxygen atoms in total. The van der Waals surface area contributed by atoms with Gasteiger partial charge in [-0.15, -0.1) is 0 Å². The van der Waals surface area contributed by atoms with Gasteiger partial charge < -0.3 is 33.8 Å². The summed E-state index contributed by atoms with van der Waals surface area (Å²) in [6.07, 6.45) is 52.6. The van der Waals surface area contributed by atoms with E-state index in [9.17, 15) is 43.2 Å². The molecule has 0 fully saturated rings. The van der Waals surface area contributed by atoms with Crippen LogP contribution in [0.5, 0.6) is 0 Å². The number of phosphoric ester groups is 2. The van der Waals surface area contributed by atoms with Gasteiger partial charge in [0.05, 0.1) is 26.4 Å². The largest absolute Gasteiger partial charge is 0.472 e. The van der Waals surface area contributed by atoms with E-state index < -0.39 is 97.5 Å². The lowest BCUT2D eigenvalue weighted by molar-refractivity contribution is -0.161. The van der Waals surface area contributed by atoms with Crippen molar-refractivity contribution in [2.45, 2.75) is 407 Å². The van der Waals surface area contributed by atoms with Crippen molar-refractivity contribution < 1.29 is 80.2 Å². The fourth-order valence-electron chi connectivity index (χ4n) is 11.6. The minimum Gasteiger partial charge on any atom is -0.462 e. The minimum atomic E-state index is -4.96. The number of aliphatic hydroxyl groups excluding tert-OH is 1. The highest BCUT2D eigenvalue weighted by atomic mass is 31.2. The van der Waals surface area contributed by atoms with Crippen LogP contribution < -0.4 is 0 Å². The van der Waals surface area contributed by atoms with Gasteiger partial charge in [0.25, 0.3) is 0 Å². The summed E-state index contributed by atoms with van der Waals surface area (Å²) in [4.78, 5) is 72.8. The van der Waals surface area contributed by atoms with Crippen molar-refractivity contribution in [2.75, 3.05) is 39.6 Å². The molecule has 6 atom stereocenters. The van der Waals surface area contributed by atoms with Crippen LogP contribution in [0.2, 0.25) is 0 Å². The van der Waals surface area contributed by atoms with E-state index in [2.05, 4.69) is 48.5 Å². The van der Waals surface area contributed by atoms with Crippen LogP contribution in [0, 0.1) is 17.8 Å². The fraction of sp³-hybridized carbons (Fsp3) is 0.947. The van der Waals surface area contributed by atoms with Crippen LogP contribution in [-0.2, 0) is 65.4 Å². The molecule has 0 saturated heterocycles. The number of hydrogen-bond acceptors (Lipinski definition) is 15. The second kappa shape index (κ2) is 66.6. The van der Waals surface area contributed by atoms with E-state index in [0.717, 1.165) is 108 Å². The number of carbonyl (C=O) groups excluding carboxylic acids is 4. The average Bonchev–Trinajstić information content (AvgIpc) is 1.44. The summed E-state index contributed by atoms with van der Waals surface area (Å²) < 4.78 is 68.5. The predicted octanol–water partition coefficient (Wildman–Crippen LogP) is 22.2. The molecule has 0 amide bonds. The van der Waals surface area contributed by atoms with E-state index in [4.69, 9.17) is 37.0 Å². The highest BCUT2D eigenvalue weighted by Crippen LogP contribution is 2.45. The Morgan fingerprint density at radius 1 is 0.305 bits per heavy atom. The van der Waals surface area contributed by atoms with E-state index in [-0.39, 0.29) is 25.7 Å². The molecule has 564 valence electrons. The standard InChI is InChI=1S/C76H148O17P2/c1-8-10-11-12-13-26-36-43-50-57-73(78)86-63-71(93-76(81)60-53-46-39-32-24-22-28-34-41-48-55-68(5)6)65-90-94(82,83)88-61-70(77)62-89-95(84,85)91-66-72(64-87-74(79)58-51-44-37-30-25-23-29-35-42-49-56-69(7)9-2)92-75(80)59-52-45-38-31-21-19-17-15-14-16-18-20-27-33-40-47-54-67(3)4/h67-72,77H,8-66H2,1-7H3,(H,82,83)(H,84,85)/t69?,70-,71+,72+/m0/s1. The van der Waals surface area contributed by atoms with Crippen molar-refractivity contribution in [1.29, 1.82) is 0 Å². The van der Waals surface area contributed by atoms with Crippen LogP contribution in [0.3, 0.4) is 0 Å². The molecule has 0 aromatic carbocycles. The molecule has 0 rings (SSSR count). The Morgan fingerprint density at radius 2 is 0.537 bits per heavy atom. The zero-order chi connectivity index (χ0) is 70.1. The topological polar surface area (TPSA) is 237 Å². The van der Waals surface area contributed by atoms with Gasteiger partial charge in [-0.3, -0.25) is 37.3 Å². The summed E-state index contributed by atoms with van der Waals surface area (Å²) in [5.74, 6) is 0.252. The smallest absolute Gasteiger partial charge is 0.462 e. The lowest BCUT2D eigenvalue weighted by Crippen LogP contribution is -2.30. The molecule has 0 spiro atoms. The number of aliphatic hydroxyl groups is 1. The van der Waals surface area contributed by atoms with Crippen molar-refractivity contribution in [1.82, 2.24) is 0 Å². The molecule has 95 heavy (non-hydrogen) atoms. The maximum atomic E-state index is 13.1. The van der Waals surface area contributed by atoms with E-state index in [1.54, 1.807) is 0 Å². The Hall–Kier alpha value is -1.94. The van der Waals surface area contributed by atoms with Gasteiger partial charge in [0, 0.05) is 25.7 Å². The molecule has 0 aromatic rings. The van der Waals surface area contributed by atoms with Gasteiger partial charge >= 0.3 is 39.5 Å². The molecule has 0 heterocycles. The summed E-state index contributed by atoms with van der Waals surface area (Å²) in [7, 11) is -9.91. The third kappa shape index (κ3) is 69.0. The summed E-state index contributed by atoms with van der Waals surface area (Å²) in [5.41, 5.74) is 0. The average molecular weight is 1400 g/mol. The lowest BCUT2D eigenvalue weighted by atomic mass is 9.99. The maximum Gasteiger partial charge on any atom is 0.472 e. The Kier molecular flexibility index (Phi) is 65.2. The van der Waals surface area contributed by atoms with Crippen molar-refractivity contribution in [2.24, 2.45) is 17.8 Å². The molecule has 0 aromatic heterocycles.